The molecule has 1 saturated heterocycles. The molecule has 0 spiro atoms. The molecular weight excluding hydrogens is 202 g/mol. The molecule has 1 aliphatic rings. The first-order valence-electron chi connectivity index (χ1n) is 6.41. The molecule has 16 heavy (non-hydrogen) atoms. The molecule has 0 bridgehead atoms. The maximum absolute atomic E-state index is 11.5. The number of likely N-dealkylation sites (N-methyl/N-ethyl adjacent to an activating group) is 1. The number of likely N-dealkylation sites (tertiary alicyclic amines) is 1. The van der Waals surface area contributed by atoms with E-state index in [2.05, 4.69) is 17.3 Å². The van der Waals surface area contributed by atoms with Gasteiger partial charge in [0.25, 0.3) is 0 Å². The van der Waals surface area contributed by atoms with Crippen molar-refractivity contribution in [2.45, 2.75) is 44.6 Å². The second-order valence-corrected chi connectivity index (χ2v) is 4.68. The van der Waals surface area contributed by atoms with Crippen LogP contribution in [0.15, 0.2) is 0 Å². The first-order chi connectivity index (χ1) is 7.74. The van der Waals surface area contributed by atoms with Gasteiger partial charge < -0.3 is 16.0 Å². The van der Waals surface area contributed by atoms with Crippen LogP contribution in [0.3, 0.4) is 0 Å². The van der Waals surface area contributed by atoms with Crippen molar-refractivity contribution in [3.05, 3.63) is 0 Å². The summed E-state index contributed by atoms with van der Waals surface area (Å²) < 4.78 is 0. The Balaban J connectivity index is 2.10. The number of carbonyl (C=O) groups is 1. The van der Waals surface area contributed by atoms with Crippen LogP contribution in [0.5, 0.6) is 0 Å². The van der Waals surface area contributed by atoms with E-state index in [0.717, 1.165) is 25.9 Å². The molecule has 3 N–H and O–H groups in total. The molecule has 1 unspecified atom stereocenters. The van der Waals surface area contributed by atoms with E-state index in [9.17, 15) is 4.79 Å². The van der Waals surface area contributed by atoms with Crippen LogP contribution < -0.4 is 11.1 Å². The summed E-state index contributed by atoms with van der Waals surface area (Å²) in [5, 5.41) is 3.02. The predicted octanol–water partition coefficient (Wildman–Crippen LogP) is 0.716. The molecule has 0 saturated carbocycles. The lowest BCUT2D eigenvalue weighted by Crippen LogP contribution is -2.44. The molecule has 0 aliphatic carbocycles. The zero-order valence-corrected chi connectivity index (χ0v) is 10.4. The monoisotopic (exact) mass is 227 g/mol. The number of nitrogens with two attached hydrogens (primary N) is 1. The zero-order valence-electron chi connectivity index (χ0n) is 10.4. The largest absolute Gasteiger partial charge is 0.355 e. The summed E-state index contributed by atoms with van der Waals surface area (Å²) >= 11 is 0. The summed E-state index contributed by atoms with van der Waals surface area (Å²) in [7, 11) is 2.14. The summed E-state index contributed by atoms with van der Waals surface area (Å²) in [5.74, 6) is 0.174. The molecule has 1 amide bonds. The Bertz CT molecular complexity index is 208. The molecule has 94 valence electrons. The van der Waals surface area contributed by atoms with Crippen LogP contribution in [0.1, 0.15) is 38.5 Å². The van der Waals surface area contributed by atoms with Crippen molar-refractivity contribution in [2.24, 2.45) is 5.73 Å². The van der Waals surface area contributed by atoms with Gasteiger partial charge in [-0.15, -0.1) is 0 Å². The Morgan fingerprint density at radius 3 is 2.94 bits per heavy atom. The van der Waals surface area contributed by atoms with E-state index in [0.29, 0.717) is 19.0 Å². The van der Waals surface area contributed by atoms with Crippen LogP contribution in [0, 0.1) is 0 Å². The predicted molar refractivity (Wildman–Crippen MR) is 66.2 cm³/mol. The number of carbonyl (C=O) groups excluding carboxylic acids is 1. The van der Waals surface area contributed by atoms with Crippen molar-refractivity contribution in [2.75, 3.05) is 26.7 Å². The highest BCUT2D eigenvalue weighted by Gasteiger charge is 2.18. The number of nitrogens with zero attached hydrogens (tertiary/aromatic N) is 1. The first-order valence-corrected chi connectivity index (χ1v) is 6.41. The van der Waals surface area contributed by atoms with E-state index < -0.39 is 0 Å². The average molecular weight is 227 g/mol. The van der Waals surface area contributed by atoms with Gasteiger partial charge in [-0.3, -0.25) is 4.79 Å². The molecule has 0 aromatic heterocycles. The fourth-order valence-electron chi connectivity index (χ4n) is 2.15. The lowest BCUT2D eigenvalue weighted by Gasteiger charge is -2.32. The maximum atomic E-state index is 11.5. The summed E-state index contributed by atoms with van der Waals surface area (Å²) in [5.41, 5.74) is 5.39. The summed E-state index contributed by atoms with van der Waals surface area (Å²) in [4.78, 5) is 13.8. The van der Waals surface area contributed by atoms with Crippen LogP contribution in [-0.2, 0) is 4.79 Å². The van der Waals surface area contributed by atoms with Gasteiger partial charge in [0.2, 0.25) is 5.91 Å². The van der Waals surface area contributed by atoms with Crippen LogP contribution >= 0.6 is 0 Å². The maximum Gasteiger partial charge on any atom is 0.220 e. The molecule has 4 nitrogen and oxygen atoms in total. The Morgan fingerprint density at radius 2 is 2.25 bits per heavy atom. The van der Waals surface area contributed by atoms with Gasteiger partial charge in [0.1, 0.15) is 0 Å². The van der Waals surface area contributed by atoms with Gasteiger partial charge in [-0.05, 0) is 45.8 Å². The molecular formula is C12H25N3O. The van der Waals surface area contributed by atoms with Gasteiger partial charge in [-0.25, -0.2) is 0 Å². The van der Waals surface area contributed by atoms with Crippen molar-refractivity contribution >= 4 is 5.91 Å². The third-order valence-electron chi connectivity index (χ3n) is 3.31. The summed E-state index contributed by atoms with van der Waals surface area (Å²) in [6.45, 7) is 2.64. The molecule has 1 heterocycles. The van der Waals surface area contributed by atoms with Crippen molar-refractivity contribution in [3.8, 4) is 0 Å². The normalized spacial score (nSPS) is 22.0. The van der Waals surface area contributed by atoms with Crippen molar-refractivity contribution in [1.82, 2.24) is 10.2 Å². The molecule has 4 heteroatoms. The topological polar surface area (TPSA) is 58.4 Å². The van der Waals surface area contributed by atoms with Crippen LogP contribution in [0.4, 0.5) is 0 Å². The van der Waals surface area contributed by atoms with Crippen molar-refractivity contribution in [3.63, 3.8) is 0 Å². The number of amides is 1. The number of nitrogens with one attached hydrogen (secondary N) is 1. The average Bonchev–Trinajstić information content (AvgIpc) is 2.28. The lowest BCUT2D eigenvalue weighted by atomic mass is 10.0. The van der Waals surface area contributed by atoms with E-state index in [-0.39, 0.29) is 5.91 Å². The van der Waals surface area contributed by atoms with E-state index in [1.165, 1.54) is 19.3 Å². The standard InChI is InChI=1S/C12H25N3O/c1-15-9-5-3-6-11(15)10-14-12(16)7-2-4-8-13/h11H,2-10,13H2,1H3,(H,14,16). The minimum atomic E-state index is 0.174. The first kappa shape index (κ1) is 13.5. The highest BCUT2D eigenvalue weighted by atomic mass is 16.1. The van der Waals surface area contributed by atoms with Crippen molar-refractivity contribution < 1.29 is 4.79 Å². The molecule has 1 aliphatic heterocycles. The summed E-state index contributed by atoms with van der Waals surface area (Å²) in [6, 6.07) is 0.534. The summed E-state index contributed by atoms with van der Waals surface area (Å²) in [6.07, 6.45) is 6.25. The quantitative estimate of drug-likeness (QED) is 0.657. The number of hydrogen-bond acceptors (Lipinski definition) is 3. The lowest BCUT2D eigenvalue weighted by molar-refractivity contribution is -0.121. The molecule has 0 radical (unpaired) electrons. The number of hydrogen-bond donors (Lipinski definition) is 2. The smallest absolute Gasteiger partial charge is 0.220 e. The zero-order chi connectivity index (χ0) is 11.8. The molecule has 1 fully saturated rings. The van der Waals surface area contributed by atoms with Crippen LogP contribution in [0.25, 0.3) is 0 Å². The number of rotatable bonds is 6. The third-order valence-corrected chi connectivity index (χ3v) is 3.31. The van der Waals surface area contributed by atoms with E-state index in [1.807, 2.05) is 0 Å². The Labute approximate surface area is 98.6 Å². The fourth-order valence-corrected chi connectivity index (χ4v) is 2.15. The van der Waals surface area contributed by atoms with Gasteiger partial charge in [-0.2, -0.15) is 0 Å². The van der Waals surface area contributed by atoms with Crippen molar-refractivity contribution in [1.29, 1.82) is 0 Å². The Kier molecular flexibility index (Phi) is 6.42. The number of unbranched alkanes of at least 4 members (excludes halogenated alkanes) is 1. The molecule has 1 atom stereocenters. The van der Waals surface area contributed by atoms with E-state index in [4.69, 9.17) is 5.73 Å². The second kappa shape index (κ2) is 7.63. The third kappa shape index (κ3) is 4.94. The highest BCUT2D eigenvalue weighted by Crippen LogP contribution is 2.13. The fraction of sp³-hybridized carbons (Fsp3) is 0.917. The number of piperidine rings is 1. The van der Waals surface area contributed by atoms with Gasteiger partial charge in [0.15, 0.2) is 0 Å². The SMILES string of the molecule is CN1CCCCC1CNC(=O)CCCCN. The van der Waals surface area contributed by atoms with Gasteiger partial charge in [0.05, 0.1) is 0 Å². The minimum Gasteiger partial charge on any atom is -0.355 e. The van der Waals surface area contributed by atoms with Gasteiger partial charge in [-0.1, -0.05) is 6.42 Å². The second-order valence-electron chi connectivity index (χ2n) is 4.68. The van der Waals surface area contributed by atoms with E-state index >= 15 is 0 Å². The van der Waals surface area contributed by atoms with Crippen LogP contribution in [0.2, 0.25) is 0 Å². The van der Waals surface area contributed by atoms with E-state index in [1.54, 1.807) is 0 Å². The molecule has 1 rings (SSSR count). The highest BCUT2D eigenvalue weighted by molar-refractivity contribution is 5.75. The molecule has 0 aromatic rings. The minimum absolute atomic E-state index is 0.174. The Hall–Kier alpha value is -0.610. The Morgan fingerprint density at radius 1 is 1.44 bits per heavy atom. The van der Waals surface area contributed by atoms with Gasteiger partial charge in [0, 0.05) is 19.0 Å². The molecule has 0 aromatic carbocycles. The van der Waals surface area contributed by atoms with Crippen LogP contribution in [-0.4, -0.2) is 43.5 Å². The van der Waals surface area contributed by atoms with Gasteiger partial charge >= 0.3 is 0 Å².